The van der Waals surface area contributed by atoms with Crippen molar-refractivity contribution in [2.75, 3.05) is 13.1 Å². The molecule has 92 valence electrons. The molecule has 0 aliphatic heterocycles. The SMILES string of the molecule is C[C@@]1(CNC[C@]2(C)C=CC=CC2)C=CC=CC1. The summed E-state index contributed by atoms with van der Waals surface area (Å²) in [6.07, 6.45) is 20.0. The van der Waals surface area contributed by atoms with Crippen LogP contribution >= 0.6 is 0 Å². The second kappa shape index (κ2) is 5.05. The van der Waals surface area contributed by atoms with Crippen LogP contribution in [-0.4, -0.2) is 13.1 Å². The molecule has 0 heterocycles. The van der Waals surface area contributed by atoms with E-state index in [-0.39, 0.29) is 0 Å². The molecule has 2 aliphatic rings. The summed E-state index contributed by atoms with van der Waals surface area (Å²) in [6.45, 7) is 6.75. The van der Waals surface area contributed by atoms with Crippen LogP contribution in [0.25, 0.3) is 0 Å². The number of allylic oxidation sites excluding steroid dienone is 6. The topological polar surface area (TPSA) is 12.0 Å². The highest BCUT2D eigenvalue weighted by molar-refractivity contribution is 5.17. The Morgan fingerprint density at radius 2 is 1.29 bits per heavy atom. The van der Waals surface area contributed by atoms with Crippen LogP contribution in [0, 0.1) is 10.8 Å². The Bertz CT molecular complexity index is 339. The zero-order chi connectivity index (χ0) is 12.2. The van der Waals surface area contributed by atoms with Crippen LogP contribution in [0.2, 0.25) is 0 Å². The molecule has 0 saturated heterocycles. The highest BCUT2D eigenvalue weighted by atomic mass is 14.9. The molecular formula is C16H23N. The standard InChI is InChI=1S/C16H23N/c1-15(9-5-3-6-10-15)13-17-14-16(2)11-7-4-8-12-16/h3-9,11,17H,10,12-14H2,1-2H3/t15-,16-/m1/s1. The van der Waals surface area contributed by atoms with Gasteiger partial charge in [0.25, 0.3) is 0 Å². The molecule has 2 rings (SSSR count). The van der Waals surface area contributed by atoms with Crippen LogP contribution in [0.1, 0.15) is 26.7 Å². The van der Waals surface area contributed by atoms with Crippen molar-refractivity contribution in [2.24, 2.45) is 10.8 Å². The average molecular weight is 229 g/mol. The van der Waals surface area contributed by atoms with Gasteiger partial charge in [-0.25, -0.2) is 0 Å². The lowest BCUT2D eigenvalue weighted by Gasteiger charge is -2.31. The number of hydrogen-bond donors (Lipinski definition) is 1. The summed E-state index contributed by atoms with van der Waals surface area (Å²) in [4.78, 5) is 0. The van der Waals surface area contributed by atoms with E-state index in [9.17, 15) is 0 Å². The van der Waals surface area contributed by atoms with E-state index >= 15 is 0 Å². The molecule has 0 unspecified atom stereocenters. The van der Waals surface area contributed by atoms with Crippen molar-refractivity contribution in [3.05, 3.63) is 48.6 Å². The van der Waals surface area contributed by atoms with Crippen molar-refractivity contribution in [2.45, 2.75) is 26.7 Å². The number of hydrogen-bond acceptors (Lipinski definition) is 1. The average Bonchev–Trinajstić information content (AvgIpc) is 2.30. The molecule has 0 radical (unpaired) electrons. The van der Waals surface area contributed by atoms with E-state index in [1.54, 1.807) is 0 Å². The Balaban J connectivity index is 1.80. The van der Waals surface area contributed by atoms with E-state index in [1.165, 1.54) is 0 Å². The van der Waals surface area contributed by atoms with Crippen LogP contribution in [0.5, 0.6) is 0 Å². The molecule has 1 N–H and O–H groups in total. The summed E-state index contributed by atoms with van der Waals surface area (Å²) < 4.78 is 0. The fourth-order valence-corrected chi connectivity index (χ4v) is 2.44. The van der Waals surface area contributed by atoms with Crippen molar-refractivity contribution in [1.82, 2.24) is 5.32 Å². The lowest BCUT2D eigenvalue weighted by Crippen LogP contribution is -2.37. The highest BCUT2D eigenvalue weighted by Gasteiger charge is 2.24. The van der Waals surface area contributed by atoms with Gasteiger partial charge in [0, 0.05) is 23.9 Å². The van der Waals surface area contributed by atoms with Crippen molar-refractivity contribution in [3.8, 4) is 0 Å². The number of rotatable bonds is 4. The molecule has 0 saturated carbocycles. The van der Waals surface area contributed by atoms with E-state index in [0.717, 1.165) is 25.9 Å². The minimum atomic E-state index is 0.291. The summed E-state index contributed by atoms with van der Waals surface area (Å²) in [6, 6.07) is 0. The molecule has 2 atom stereocenters. The maximum Gasteiger partial charge on any atom is 0.00433 e. The first-order valence-electron chi connectivity index (χ1n) is 6.52. The first-order chi connectivity index (χ1) is 8.12. The number of nitrogens with one attached hydrogen (secondary N) is 1. The molecule has 0 spiro atoms. The second-order valence-electron chi connectivity index (χ2n) is 5.89. The molecule has 1 heteroatoms. The lowest BCUT2D eigenvalue weighted by molar-refractivity contribution is 0.336. The molecule has 0 fully saturated rings. The molecule has 0 aromatic carbocycles. The van der Waals surface area contributed by atoms with Crippen molar-refractivity contribution in [3.63, 3.8) is 0 Å². The van der Waals surface area contributed by atoms with Gasteiger partial charge in [-0.1, -0.05) is 62.5 Å². The zero-order valence-electron chi connectivity index (χ0n) is 10.9. The first kappa shape index (κ1) is 12.4. The van der Waals surface area contributed by atoms with Crippen molar-refractivity contribution < 1.29 is 0 Å². The van der Waals surface area contributed by atoms with Gasteiger partial charge in [0.1, 0.15) is 0 Å². The minimum absolute atomic E-state index is 0.291. The van der Waals surface area contributed by atoms with E-state index in [1.807, 2.05) is 0 Å². The molecule has 0 amide bonds. The van der Waals surface area contributed by atoms with Crippen LogP contribution in [0.4, 0.5) is 0 Å². The molecule has 1 nitrogen and oxygen atoms in total. The van der Waals surface area contributed by atoms with Crippen molar-refractivity contribution in [1.29, 1.82) is 0 Å². The summed E-state index contributed by atoms with van der Waals surface area (Å²) in [5, 5.41) is 3.64. The van der Waals surface area contributed by atoms with Crippen LogP contribution in [-0.2, 0) is 0 Å². The van der Waals surface area contributed by atoms with E-state index in [4.69, 9.17) is 0 Å². The summed E-state index contributed by atoms with van der Waals surface area (Å²) in [5.74, 6) is 0. The molecule has 2 aliphatic carbocycles. The monoisotopic (exact) mass is 229 g/mol. The summed E-state index contributed by atoms with van der Waals surface area (Å²) in [7, 11) is 0. The largest absolute Gasteiger partial charge is 0.315 e. The van der Waals surface area contributed by atoms with Crippen molar-refractivity contribution >= 4 is 0 Å². The second-order valence-corrected chi connectivity index (χ2v) is 5.89. The lowest BCUT2D eigenvalue weighted by atomic mass is 9.81. The van der Waals surface area contributed by atoms with Gasteiger partial charge >= 0.3 is 0 Å². The van der Waals surface area contributed by atoms with Gasteiger partial charge in [-0.3, -0.25) is 0 Å². The Morgan fingerprint density at radius 1 is 0.824 bits per heavy atom. The summed E-state index contributed by atoms with van der Waals surface area (Å²) >= 11 is 0. The van der Waals surface area contributed by atoms with Gasteiger partial charge in [-0.15, -0.1) is 0 Å². The Morgan fingerprint density at radius 3 is 1.65 bits per heavy atom. The van der Waals surface area contributed by atoms with Gasteiger partial charge in [0.2, 0.25) is 0 Å². The summed E-state index contributed by atoms with van der Waals surface area (Å²) in [5.41, 5.74) is 0.582. The van der Waals surface area contributed by atoms with Gasteiger partial charge < -0.3 is 5.32 Å². The Kier molecular flexibility index (Phi) is 3.68. The van der Waals surface area contributed by atoms with E-state index < -0.39 is 0 Å². The quantitative estimate of drug-likeness (QED) is 0.776. The van der Waals surface area contributed by atoms with Crippen LogP contribution in [0.15, 0.2) is 48.6 Å². The maximum absolute atomic E-state index is 3.64. The minimum Gasteiger partial charge on any atom is -0.315 e. The normalized spacial score (nSPS) is 35.4. The van der Waals surface area contributed by atoms with Gasteiger partial charge in [0.05, 0.1) is 0 Å². The van der Waals surface area contributed by atoms with Gasteiger partial charge in [0.15, 0.2) is 0 Å². The molecule has 0 aromatic rings. The third-order valence-electron chi connectivity index (χ3n) is 3.72. The van der Waals surface area contributed by atoms with E-state index in [0.29, 0.717) is 10.8 Å². The van der Waals surface area contributed by atoms with E-state index in [2.05, 4.69) is 67.8 Å². The Labute approximate surface area is 105 Å². The maximum atomic E-state index is 3.64. The molecule has 0 bridgehead atoms. The third kappa shape index (κ3) is 3.44. The zero-order valence-corrected chi connectivity index (χ0v) is 10.9. The van der Waals surface area contributed by atoms with Gasteiger partial charge in [-0.2, -0.15) is 0 Å². The predicted molar refractivity (Wildman–Crippen MR) is 74.9 cm³/mol. The smallest absolute Gasteiger partial charge is 0.00433 e. The fourth-order valence-electron chi connectivity index (χ4n) is 2.44. The van der Waals surface area contributed by atoms with Crippen LogP contribution in [0.3, 0.4) is 0 Å². The molecule has 17 heavy (non-hydrogen) atoms. The van der Waals surface area contributed by atoms with Crippen LogP contribution < -0.4 is 5.32 Å². The third-order valence-corrected chi connectivity index (χ3v) is 3.72. The first-order valence-corrected chi connectivity index (χ1v) is 6.52. The highest BCUT2D eigenvalue weighted by Crippen LogP contribution is 2.28. The molecule has 0 aromatic heterocycles. The predicted octanol–water partition coefficient (Wildman–Crippen LogP) is 3.62. The molecular weight excluding hydrogens is 206 g/mol. The Hall–Kier alpha value is -1.08. The fraction of sp³-hybridized carbons (Fsp3) is 0.500. The van der Waals surface area contributed by atoms with Gasteiger partial charge in [-0.05, 0) is 12.8 Å².